The van der Waals surface area contributed by atoms with Crippen LogP contribution in [0.1, 0.15) is 16.9 Å². The molecule has 0 aliphatic rings. The molecule has 1 heterocycles. The smallest absolute Gasteiger partial charge is 0.215 e. The molecule has 5 aromatic carbocycles. The van der Waals surface area contributed by atoms with E-state index < -0.39 is 8.07 Å². The molecule has 0 aliphatic carbocycles. The molecule has 0 saturated heterocycles. The highest BCUT2D eigenvalue weighted by molar-refractivity contribution is 7.10. The molecule has 0 amide bonds. The van der Waals surface area contributed by atoms with E-state index in [-0.39, 0.29) is 5.82 Å². The number of rotatable bonds is 9. The van der Waals surface area contributed by atoms with Crippen molar-refractivity contribution in [2.45, 2.75) is 12.0 Å². The van der Waals surface area contributed by atoms with Crippen molar-refractivity contribution in [2.24, 2.45) is 0 Å². The summed E-state index contributed by atoms with van der Waals surface area (Å²) in [4.78, 5) is 4.89. The van der Waals surface area contributed by atoms with Gasteiger partial charge in [-0.3, -0.25) is 4.98 Å². The molecule has 6 rings (SSSR count). The predicted molar refractivity (Wildman–Crippen MR) is 171 cm³/mol. The fraction of sp³-hybridized carbons (Fsp3) is 0.0571. The summed E-state index contributed by atoms with van der Waals surface area (Å²) in [6.45, 7) is 0. The molecule has 5 heteroatoms. The van der Waals surface area contributed by atoms with Gasteiger partial charge < -0.3 is 4.57 Å². The van der Waals surface area contributed by atoms with Crippen molar-refractivity contribution >= 4 is 48.2 Å². The maximum absolute atomic E-state index is 6.39. The average Bonchev–Trinajstić information content (AvgIpc) is 3.47. The zero-order valence-corrected chi connectivity index (χ0v) is 23.9. The van der Waals surface area contributed by atoms with E-state index in [1.165, 1.54) is 26.7 Å². The molecule has 0 saturated carbocycles. The zero-order chi connectivity index (χ0) is 27.2. The van der Waals surface area contributed by atoms with Gasteiger partial charge in [0.1, 0.15) is 0 Å². The fourth-order valence-electron chi connectivity index (χ4n) is 5.68. The molecule has 0 atom stereocenters. The molecule has 0 fully saturated rings. The van der Waals surface area contributed by atoms with Crippen LogP contribution in [0.3, 0.4) is 0 Å². The molecule has 2 nitrogen and oxygen atoms in total. The summed E-state index contributed by atoms with van der Waals surface area (Å²) in [6, 6.07) is 51.7. The van der Waals surface area contributed by atoms with E-state index in [0.29, 0.717) is 0 Å². The van der Waals surface area contributed by atoms with Crippen LogP contribution in [0.2, 0.25) is 5.02 Å². The Balaban J connectivity index is 1.48. The molecule has 0 N–H and O–H groups in total. The van der Waals surface area contributed by atoms with Crippen LogP contribution in [-0.2, 0) is 6.17 Å². The standard InChI is InChI=1S/C35H29BClN2Si/c37-30-21-23-33(24-22-30)40(31-17-9-3-10-18-31,32-19-11-4-12-20-32)27-39-26-25-38-35(39)36-34(28-13-5-1-6-14-28)29-15-7-2-8-16-29/h1-26,34H,27H2. The SMILES string of the molecule is Clc1ccc([Si](Cn2ccnc2[B]C(c2ccccc2)c2ccccc2)(c2ccccc2)c2ccccc2)cc1. The number of nitrogens with zero attached hydrogens (tertiary/aromatic N) is 2. The lowest BCUT2D eigenvalue weighted by molar-refractivity contribution is 0.889. The van der Waals surface area contributed by atoms with E-state index in [9.17, 15) is 0 Å². The van der Waals surface area contributed by atoms with E-state index in [2.05, 4.69) is 152 Å². The molecular formula is C35H29BClN2Si. The first-order chi connectivity index (χ1) is 19.7. The molecule has 193 valence electrons. The topological polar surface area (TPSA) is 17.8 Å². The highest BCUT2D eigenvalue weighted by atomic mass is 35.5. The third-order valence-corrected chi connectivity index (χ3v) is 12.7. The first-order valence-electron chi connectivity index (χ1n) is 13.6. The van der Waals surface area contributed by atoms with Crippen molar-refractivity contribution in [3.63, 3.8) is 0 Å². The highest BCUT2D eigenvalue weighted by Gasteiger charge is 2.40. The summed E-state index contributed by atoms with van der Waals surface area (Å²) in [5, 5.41) is 4.77. The molecule has 6 aromatic rings. The lowest BCUT2D eigenvalue weighted by Crippen LogP contribution is -2.70. The van der Waals surface area contributed by atoms with Gasteiger partial charge in [-0.25, -0.2) is 0 Å². The van der Waals surface area contributed by atoms with Crippen molar-refractivity contribution in [3.05, 3.63) is 174 Å². The van der Waals surface area contributed by atoms with Crippen LogP contribution < -0.4 is 21.3 Å². The number of aromatic nitrogens is 2. The second-order valence-electron chi connectivity index (χ2n) is 10.0. The third kappa shape index (κ3) is 5.33. The van der Waals surface area contributed by atoms with Crippen LogP contribution in [-0.4, -0.2) is 24.9 Å². The van der Waals surface area contributed by atoms with E-state index in [0.717, 1.165) is 16.9 Å². The van der Waals surface area contributed by atoms with Gasteiger partial charge in [-0.2, -0.15) is 0 Å². The van der Waals surface area contributed by atoms with Gasteiger partial charge in [0.15, 0.2) is 8.07 Å². The van der Waals surface area contributed by atoms with Gasteiger partial charge in [0.05, 0.1) is 5.72 Å². The molecular weight excluding hydrogens is 523 g/mol. The minimum Gasteiger partial charge on any atom is -0.345 e. The third-order valence-electron chi connectivity index (χ3n) is 7.66. The minimum atomic E-state index is -2.55. The van der Waals surface area contributed by atoms with Crippen molar-refractivity contribution in [2.75, 3.05) is 0 Å². The Morgan fingerprint density at radius 3 is 1.55 bits per heavy atom. The number of benzene rings is 5. The largest absolute Gasteiger partial charge is 0.345 e. The molecule has 0 bridgehead atoms. The van der Waals surface area contributed by atoms with Gasteiger partial charge >= 0.3 is 0 Å². The molecule has 0 unspecified atom stereocenters. The Hall–Kier alpha value is -4.12. The Morgan fingerprint density at radius 1 is 0.600 bits per heavy atom. The van der Waals surface area contributed by atoms with Crippen LogP contribution >= 0.6 is 11.6 Å². The first-order valence-corrected chi connectivity index (χ1v) is 16.2. The number of imidazole rings is 1. The molecule has 0 aliphatic heterocycles. The van der Waals surface area contributed by atoms with Crippen molar-refractivity contribution in [1.82, 2.24) is 9.55 Å². The quantitative estimate of drug-likeness (QED) is 0.175. The Morgan fingerprint density at radius 2 is 1.05 bits per heavy atom. The van der Waals surface area contributed by atoms with Crippen molar-refractivity contribution in [1.29, 1.82) is 0 Å². The number of hydrogen-bond acceptors (Lipinski definition) is 1. The normalized spacial score (nSPS) is 11.4. The number of halogens is 1. The van der Waals surface area contributed by atoms with Gasteiger partial charge in [0.25, 0.3) is 0 Å². The monoisotopic (exact) mass is 551 g/mol. The first kappa shape index (κ1) is 26.1. The summed E-state index contributed by atoms with van der Waals surface area (Å²) in [6.07, 6.45) is 4.86. The van der Waals surface area contributed by atoms with Gasteiger partial charge in [-0.15, -0.1) is 0 Å². The average molecular weight is 552 g/mol. The molecule has 0 spiro atoms. The van der Waals surface area contributed by atoms with Crippen molar-refractivity contribution < 1.29 is 0 Å². The summed E-state index contributed by atoms with van der Waals surface area (Å²) in [5.41, 5.74) is 3.46. The fourth-order valence-corrected chi connectivity index (χ4v) is 10.4. The Kier molecular flexibility index (Phi) is 7.81. The maximum atomic E-state index is 6.39. The van der Waals surface area contributed by atoms with Crippen LogP contribution in [0.25, 0.3) is 0 Å². The molecule has 1 radical (unpaired) electrons. The maximum Gasteiger partial charge on any atom is 0.215 e. The van der Waals surface area contributed by atoms with Gasteiger partial charge in [0.2, 0.25) is 7.28 Å². The van der Waals surface area contributed by atoms with E-state index in [1.807, 2.05) is 18.3 Å². The molecule has 40 heavy (non-hydrogen) atoms. The van der Waals surface area contributed by atoms with Crippen LogP contribution in [0.15, 0.2) is 158 Å². The van der Waals surface area contributed by atoms with E-state index >= 15 is 0 Å². The van der Waals surface area contributed by atoms with Crippen molar-refractivity contribution in [3.8, 4) is 0 Å². The lowest BCUT2D eigenvalue weighted by Gasteiger charge is -2.35. The molecule has 1 aromatic heterocycles. The van der Waals surface area contributed by atoms with Crippen LogP contribution in [0.5, 0.6) is 0 Å². The summed E-state index contributed by atoms with van der Waals surface area (Å²) < 4.78 is 2.35. The van der Waals surface area contributed by atoms with E-state index in [4.69, 9.17) is 16.6 Å². The van der Waals surface area contributed by atoms with E-state index in [1.54, 1.807) is 0 Å². The van der Waals surface area contributed by atoms with Crippen LogP contribution in [0.4, 0.5) is 0 Å². The Labute approximate surface area is 243 Å². The minimum absolute atomic E-state index is 0.0867. The summed E-state index contributed by atoms with van der Waals surface area (Å²) >= 11 is 6.39. The van der Waals surface area contributed by atoms with Crippen LogP contribution in [0, 0.1) is 0 Å². The van der Waals surface area contributed by atoms with Gasteiger partial charge in [0, 0.05) is 23.6 Å². The number of hydrogen-bond donors (Lipinski definition) is 0. The second kappa shape index (κ2) is 12.0. The predicted octanol–water partition coefficient (Wildman–Crippen LogP) is 5.37. The van der Waals surface area contributed by atoms with Gasteiger partial charge in [-0.1, -0.05) is 145 Å². The second-order valence-corrected chi connectivity index (χ2v) is 14.3. The zero-order valence-electron chi connectivity index (χ0n) is 22.1. The highest BCUT2D eigenvalue weighted by Crippen LogP contribution is 2.23. The Bertz CT molecular complexity index is 1560. The van der Waals surface area contributed by atoms with Gasteiger partial charge in [-0.05, 0) is 44.6 Å². The summed E-state index contributed by atoms with van der Waals surface area (Å²) in [7, 11) is -0.241. The lowest BCUT2D eigenvalue weighted by atomic mass is 9.58. The summed E-state index contributed by atoms with van der Waals surface area (Å²) in [5.74, 6) is 0.0867.